The Kier molecular flexibility index (Phi) is 10.7. The number of imidazole rings is 1. The molecule has 1 amide bonds. The number of likely N-dealkylation sites (tertiary alicyclic amines) is 1. The maximum atomic E-state index is 13.9. The molecular formula is C43H46ClN7O5. The lowest BCUT2D eigenvalue weighted by Crippen LogP contribution is -2.33. The smallest absolute Gasteiger partial charge is 0.308 e. The number of nitriles is 1. The Morgan fingerprint density at radius 3 is 2.55 bits per heavy atom. The molecule has 2 N–H and O–H groups in total. The fourth-order valence-electron chi connectivity index (χ4n) is 8.80. The van der Waals surface area contributed by atoms with Crippen LogP contribution in [-0.4, -0.2) is 78.7 Å². The largest absolute Gasteiger partial charge is 0.481 e. The SMILES string of the molecule is Cc1c(-c2cccc(N(Cl)C(=O)c3nc4c(n3C)CCN(CCC3CCC(C(=O)O)CC3)C4)c2)cccc1-c1nc2cc(CN3CCC(O)C3)cc(C#N)c2o1. The number of anilines is 1. The minimum Gasteiger partial charge on any atom is -0.481 e. The van der Waals surface area contributed by atoms with Crippen molar-refractivity contribution in [1.82, 2.24) is 24.3 Å². The molecule has 1 saturated carbocycles. The Morgan fingerprint density at radius 1 is 1.02 bits per heavy atom. The van der Waals surface area contributed by atoms with E-state index in [0.717, 1.165) is 108 Å². The minimum absolute atomic E-state index is 0.198. The summed E-state index contributed by atoms with van der Waals surface area (Å²) in [5.41, 5.74) is 8.35. The van der Waals surface area contributed by atoms with Crippen molar-refractivity contribution >= 4 is 40.4 Å². The highest BCUT2D eigenvalue weighted by atomic mass is 35.5. The van der Waals surface area contributed by atoms with E-state index in [0.29, 0.717) is 53.8 Å². The van der Waals surface area contributed by atoms with Crippen LogP contribution in [0.2, 0.25) is 0 Å². The van der Waals surface area contributed by atoms with Crippen LogP contribution in [0.25, 0.3) is 33.7 Å². The first kappa shape index (κ1) is 37.8. The Labute approximate surface area is 331 Å². The maximum absolute atomic E-state index is 13.9. The lowest BCUT2D eigenvalue weighted by atomic mass is 9.80. The van der Waals surface area contributed by atoms with Crippen molar-refractivity contribution < 1.29 is 24.2 Å². The van der Waals surface area contributed by atoms with Gasteiger partial charge in [-0.25, -0.2) is 14.4 Å². The number of rotatable bonds is 10. The zero-order valence-electron chi connectivity index (χ0n) is 31.7. The van der Waals surface area contributed by atoms with Gasteiger partial charge in [-0.1, -0.05) is 24.3 Å². The molecule has 2 fully saturated rings. The number of carbonyl (C=O) groups excluding carboxylic acids is 1. The molecule has 3 aliphatic rings. The van der Waals surface area contributed by atoms with Gasteiger partial charge in [0.1, 0.15) is 11.6 Å². The third kappa shape index (κ3) is 7.56. The summed E-state index contributed by atoms with van der Waals surface area (Å²) in [6.07, 6.45) is 5.70. The molecular weight excluding hydrogens is 730 g/mol. The number of carboxylic acids is 1. The first-order chi connectivity index (χ1) is 27.1. The first-order valence-electron chi connectivity index (χ1n) is 19.5. The van der Waals surface area contributed by atoms with Gasteiger partial charge < -0.3 is 19.2 Å². The number of aliphatic hydroxyl groups is 1. The van der Waals surface area contributed by atoms with Gasteiger partial charge in [-0.15, -0.1) is 0 Å². The Morgan fingerprint density at radius 2 is 1.80 bits per heavy atom. The van der Waals surface area contributed by atoms with Gasteiger partial charge in [0.2, 0.25) is 11.7 Å². The molecule has 0 spiro atoms. The van der Waals surface area contributed by atoms with E-state index in [1.807, 2.05) is 67.1 Å². The van der Waals surface area contributed by atoms with E-state index in [-0.39, 0.29) is 17.8 Å². The number of β-amino-alcohol motifs (C(OH)–C–C–N with tert-alkyl or cyclic N) is 1. The molecule has 2 aliphatic heterocycles. The van der Waals surface area contributed by atoms with Crippen molar-refractivity contribution in [1.29, 1.82) is 5.26 Å². The molecule has 4 heterocycles. The summed E-state index contributed by atoms with van der Waals surface area (Å²) < 4.78 is 9.24. The van der Waals surface area contributed by atoms with Crippen molar-refractivity contribution in [3.05, 3.63) is 88.5 Å². The fraction of sp³-hybridized carbons (Fsp3) is 0.419. The van der Waals surface area contributed by atoms with E-state index in [1.165, 1.54) is 0 Å². The van der Waals surface area contributed by atoms with Gasteiger partial charge in [-0.05, 0) is 110 Å². The summed E-state index contributed by atoms with van der Waals surface area (Å²) in [6, 6.07) is 19.5. The molecule has 1 unspecified atom stereocenters. The second-order valence-electron chi connectivity index (χ2n) is 15.7. The number of benzene rings is 3. The van der Waals surface area contributed by atoms with Crippen LogP contribution in [0.1, 0.15) is 77.2 Å². The van der Waals surface area contributed by atoms with Gasteiger partial charge in [0.05, 0.1) is 29.0 Å². The summed E-state index contributed by atoms with van der Waals surface area (Å²) in [5.74, 6) is -0.0250. The summed E-state index contributed by atoms with van der Waals surface area (Å²) in [7, 11) is 1.87. The lowest BCUT2D eigenvalue weighted by molar-refractivity contribution is -0.143. The Hall–Kier alpha value is -5.06. The quantitative estimate of drug-likeness (QED) is 0.141. The van der Waals surface area contributed by atoms with Crippen LogP contribution >= 0.6 is 11.8 Å². The monoisotopic (exact) mass is 775 g/mol. The second kappa shape index (κ2) is 15.8. The van der Waals surface area contributed by atoms with Crippen LogP contribution in [-0.2, 0) is 31.4 Å². The lowest BCUT2D eigenvalue weighted by Gasteiger charge is -2.30. The van der Waals surface area contributed by atoms with Crippen LogP contribution in [0.15, 0.2) is 59.0 Å². The summed E-state index contributed by atoms with van der Waals surface area (Å²) >= 11 is 6.81. The topological polar surface area (TPSA) is 152 Å². The maximum Gasteiger partial charge on any atom is 0.308 e. The van der Waals surface area contributed by atoms with Crippen LogP contribution < -0.4 is 4.42 Å². The van der Waals surface area contributed by atoms with Crippen LogP contribution in [0.5, 0.6) is 0 Å². The van der Waals surface area contributed by atoms with E-state index in [2.05, 4.69) is 15.9 Å². The molecule has 1 saturated heterocycles. The highest BCUT2D eigenvalue weighted by molar-refractivity contribution is 6.38. The molecule has 12 nitrogen and oxygen atoms in total. The van der Waals surface area contributed by atoms with Gasteiger partial charge >= 0.3 is 11.9 Å². The van der Waals surface area contributed by atoms with Crippen molar-refractivity contribution in [3.8, 4) is 28.7 Å². The number of oxazole rings is 1. The number of nitrogens with zero attached hydrogens (tertiary/aromatic N) is 7. The second-order valence-corrected chi connectivity index (χ2v) is 16.0. The number of fused-ring (bicyclic) bond motifs is 2. The summed E-state index contributed by atoms with van der Waals surface area (Å²) in [5, 5.41) is 29.3. The van der Waals surface area contributed by atoms with Gasteiger partial charge in [-0.2, -0.15) is 5.26 Å². The standard InChI is InChI=1S/C43H46ClN7O5/c1-26-34(7-4-8-35(26)41-47-36-20-28(19-31(22-45)39(36)56-41)23-50-17-14-33(52)24-50)30-5-3-6-32(21-30)51(44)42(53)40-46-37-25-49(18-15-38(37)48(40)2)16-13-27-9-11-29(12-10-27)43(54)55/h3-8,19-21,27,29,33,52H,9-18,23-25H2,1-2H3,(H,54,55). The van der Waals surface area contributed by atoms with Crippen LogP contribution in [0.4, 0.5) is 5.69 Å². The fourth-order valence-corrected chi connectivity index (χ4v) is 8.98. The van der Waals surface area contributed by atoms with Crippen LogP contribution in [0, 0.1) is 30.1 Å². The number of hydrogen-bond donors (Lipinski definition) is 2. The van der Waals surface area contributed by atoms with E-state index >= 15 is 0 Å². The van der Waals surface area contributed by atoms with E-state index < -0.39 is 11.9 Å². The van der Waals surface area contributed by atoms with Gasteiger partial charge in [0.25, 0.3) is 0 Å². The number of carboxylic acid groups (broad SMARTS) is 1. The number of halogens is 1. The Bertz CT molecular complexity index is 2340. The molecule has 5 aromatic rings. The zero-order valence-corrected chi connectivity index (χ0v) is 32.5. The van der Waals surface area contributed by atoms with Crippen molar-refractivity contribution in [2.24, 2.45) is 18.9 Å². The van der Waals surface area contributed by atoms with Crippen molar-refractivity contribution in [2.45, 2.75) is 71.1 Å². The molecule has 1 aliphatic carbocycles. The van der Waals surface area contributed by atoms with Gasteiger partial charge in [0, 0.05) is 69.2 Å². The third-order valence-corrected chi connectivity index (χ3v) is 12.4. The molecule has 56 heavy (non-hydrogen) atoms. The number of aliphatic carboxylic acids is 1. The molecule has 3 aromatic carbocycles. The van der Waals surface area contributed by atoms with Gasteiger partial charge in [0.15, 0.2) is 5.58 Å². The number of carbonyl (C=O) groups is 2. The number of hydrogen-bond acceptors (Lipinski definition) is 9. The molecule has 8 rings (SSSR count). The van der Waals surface area contributed by atoms with Crippen molar-refractivity contribution in [3.63, 3.8) is 0 Å². The minimum atomic E-state index is -0.669. The number of aliphatic hydroxyl groups excluding tert-OH is 1. The predicted octanol–water partition coefficient (Wildman–Crippen LogP) is 7.08. The molecule has 13 heteroatoms. The average Bonchev–Trinajstić information content (AvgIpc) is 3.92. The highest BCUT2D eigenvalue weighted by Gasteiger charge is 2.30. The third-order valence-electron chi connectivity index (χ3n) is 12.0. The normalized spacial score (nSPS) is 20.2. The zero-order chi connectivity index (χ0) is 39.1. The molecule has 0 bridgehead atoms. The molecule has 1 atom stereocenters. The average molecular weight is 776 g/mol. The highest BCUT2D eigenvalue weighted by Crippen LogP contribution is 2.36. The predicted molar refractivity (Wildman–Crippen MR) is 213 cm³/mol. The van der Waals surface area contributed by atoms with Crippen molar-refractivity contribution in [2.75, 3.05) is 30.6 Å². The molecule has 2 aromatic heterocycles. The van der Waals surface area contributed by atoms with Crippen LogP contribution in [0.3, 0.4) is 0 Å². The molecule has 0 radical (unpaired) electrons. The first-order valence-corrected chi connectivity index (χ1v) is 19.8. The van der Waals surface area contributed by atoms with E-state index in [4.69, 9.17) is 26.2 Å². The summed E-state index contributed by atoms with van der Waals surface area (Å²) in [6.45, 7) is 6.50. The number of amides is 1. The number of aromatic nitrogens is 3. The summed E-state index contributed by atoms with van der Waals surface area (Å²) in [4.78, 5) is 39.4. The molecule has 290 valence electrons. The van der Waals surface area contributed by atoms with E-state index in [1.54, 1.807) is 6.07 Å². The van der Waals surface area contributed by atoms with Gasteiger partial charge in [-0.3, -0.25) is 19.4 Å². The Balaban J connectivity index is 0.973. The van der Waals surface area contributed by atoms with E-state index in [9.17, 15) is 25.1 Å².